The quantitative estimate of drug-likeness (QED) is 0.701. The lowest BCUT2D eigenvalue weighted by atomic mass is 10.1. The molecule has 0 atom stereocenters. The molecule has 2 nitrogen and oxygen atoms in total. The smallest absolute Gasteiger partial charge is 0.119 e. The van der Waals surface area contributed by atoms with Crippen molar-refractivity contribution < 1.29 is 9.47 Å². The average molecular weight is 256 g/mol. The van der Waals surface area contributed by atoms with Gasteiger partial charge < -0.3 is 9.47 Å². The van der Waals surface area contributed by atoms with Crippen molar-refractivity contribution in [1.29, 1.82) is 0 Å². The van der Waals surface area contributed by atoms with E-state index < -0.39 is 0 Å². The second-order valence-corrected chi connectivity index (χ2v) is 4.49. The van der Waals surface area contributed by atoms with Crippen molar-refractivity contribution in [2.45, 2.75) is 19.4 Å². The molecule has 0 aliphatic carbocycles. The molecule has 0 fully saturated rings. The lowest BCUT2D eigenvalue weighted by Crippen LogP contribution is -1.97. The second kappa shape index (κ2) is 7.59. The Balaban J connectivity index is 1.66. The molecule has 0 unspecified atom stereocenters. The molecule has 0 bridgehead atoms. The summed E-state index contributed by atoms with van der Waals surface area (Å²) in [4.78, 5) is 0. The lowest BCUT2D eigenvalue weighted by Gasteiger charge is -2.06. The summed E-state index contributed by atoms with van der Waals surface area (Å²) in [6.07, 6.45) is 2.12. The Bertz CT molecular complexity index is 480. The number of rotatable bonds is 7. The monoisotopic (exact) mass is 256 g/mol. The normalized spacial score (nSPS) is 10.4. The first-order valence-corrected chi connectivity index (χ1v) is 6.63. The second-order valence-electron chi connectivity index (χ2n) is 4.49. The van der Waals surface area contributed by atoms with Crippen molar-refractivity contribution in [1.82, 2.24) is 0 Å². The van der Waals surface area contributed by atoms with Gasteiger partial charge >= 0.3 is 0 Å². The van der Waals surface area contributed by atoms with Gasteiger partial charge in [-0.05, 0) is 36.1 Å². The molecule has 2 rings (SSSR count). The van der Waals surface area contributed by atoms with E-state index in [0.717, 1.165) is 30.8 Å². The molecule has 0 amide bonds. The maximum absolute atomic E-state index is 5.69. The van der Waals surface area contributed by atoms with Gasteiger partial charge in [0.1, 0.15) is 5.75 Å². The van der Waals surface area contributed by atoms with Gasteiger partial charge in [0.05, 0.1) is 13.7 Å². The lowest BCUT2D eigenvalue weighted by molar-refractivity contribution is 0.118. The molecule has 0 aliphatic rings. The van der Waals surface area contributed by atoms with E-state index in [2.05, 4.69) is 30.3 Å². The first kappa shape index (κ1) is 13.6. The van der Waals surface area contributed by atoms with Crippen LogP contribution < -0.4 is 4.74 Å². The topological polar surface area (TPSA) is 18.5 Å². The van der Waals surface area contributed by atoms with Gasteiger partial charge in [0.25, 0.3) is 0 Å². The van der Waals surface area contributed by atoms with Crippen LogP contribution >= 0.6 is 0 Å². The highest BCUT2D eigenvalue weighted by atomic mass is 16.5. The van der Waals surface area contributed by atoms with Crippen LogP contribution in [-0.2, 0) is 17.8 Å². The van der Waals surface area contributed by atoms with Gasteiger partial charge in [0.2, 0.25) is 0 Å². The van der Waals surface area contributed by atoms with Crippen LogP contribution in [0.25, 0.3) is 0 Å². The van der Waals surface area contributed by atoms with Crippen LogP contribution in [0.15, 0.2) is 54.6 Å². The van der Waals surface area contributed by atoms with E-state index in [1.165, 1.54) is 5.56 Å². The molecule has 0 N–H and O–H groups in total. The standard InChI is InChI=1S/C17H20O2/c1-18-17-11-5-9-16(13-17)14-19-12-6-10-15-7-3-2-4-8-15/h2-5,7-9,11,13H,6,10,12,14H2,1H3. The fraction of sp³-hybridized carbons (Fsp3) is 0.294. The fourth-order valence-corrected chi connectivity index (χ4v) is 1.98. The largest absolute Gasteiger partial charge is 0.497 e. The Morgan fingerprint density at radius 2 is 1.68 bits per heavy atom. The van der Waals surface area contributed by atoms with E-state index in [1.807, 2.05) is 24.3 Å². The highest BCUT2D eigenvalue weighted by Crippen LogP contribution is 2.13. The summed E-state index contributed by atoms with van der Waals surface area (Å²) < 4.78 is 10.9. The van der Waals surface area contributed by atoms with Crippen LogP contribution in [0.5, 0.6) is 5.75 Å². The van der Waals surface area contributed by atoms with Gasteiger partial charge in [0, 0.05) is 6.61 Å². The third kappa shape index (κ3) is 4.76. The molecule has 0 spiro atoms. The van der Waals surface area contributed by atoms with Crippen molar-refractivity contribution in [3.63, 3.8) is 0 Å². The number of hydrogen-bond donors (Lipinski definition) is 0. The van der Waals surface area contributed by atoms with E-state index in [9.17, 15) is 0 Å². The zero-order valence-corrected chi connectivity index (χ0v) is 11.3. The zero-order valence-electron chi connectivity index (χ0n) is 11.3. The van der Waals surface area contributed by atoms with Crippen LogP contribution in [0, 0.1) is 0 Å². The van der Waals surface area contributed by atoms with Crippen LogP contribution in [0.3, 0.4) is 0 Å². The van der Waals surface area contributed by atoms with Crippen molar-refractivity contribution in [2.75, 3.05) is 13.7 Å². The number of aryl methyl sites for hydroxylation is 1. The zero-order chi connectivity index (χ0) is 13.3. The molecule has 0 aliphatic heterocycles. The third-order valence-electron chi connectivity index (χ3n) is 3.00. The molecule has 0 radical (unpaired) electrons. The molecular weight excluding hydrogens is 236 g/mol. The minimum atomic E-state index is 0.645. The SMILES string of the molecule is COc1cccc(COCCCc2ccccc2)c1. The minimum Gasteiger partial charge on any atom is -0.497 e. The Kier molecular flexibility index (Phi) is 5.45. The minimum absolute atomic E-state index is 0.645. The average Bonchev–Trinajstić information content (AvgIpc) is 2.48. The van der Waals surface area contributed by atoms with E-state index in [4.69, 9.17) is 9.47 Å². The third-order valence-corrected chi connectivity index (χ3v) is 3.00. The summed E-state index contributed by atoms with van der Waals surface area (Å²) >= 11 is 0. The fourth-order valence-electron chi connectivity index (χ4n) is 1.98. The highest BCUT2D eigenvalue weighted by Gasteiger charge is 1.97. The Hall–Kier alpha value is -1.80. The van der Waals surface area contributed by atoms with Gasteiger partial charge in [0.15, 0.2) is 0 Å². The van der Waals surface area contributed by atoms with Crippen molar-refractivity contribution in [3.8, 4) is 5.75 Å². The number of ether oxygens (including phenoxy) is 2. The number of hydrogen-bond acceptors (Lipinski definition) is 2. The maximum atomic E-state index is 5.69. The van der Waals surface area contributed by atoms with Crippen LogP contribution in [-0.4, -0.2) is 13.7 Å². The Morgan fingerprint density at radius 1 is 0.895 bits per heavy atom. The predicted octanol–water partition coefficient (Wildman–Crippen LogP) is 3.84. The molecule has 0 heterocycles. The first-order valence-electron chi connectivity index (χ1n) is 6.63. The summed E-state index contributed by atoms with van der Waals surface area (Å²) in [6, 6.07) is 18.5. The van der Waals surface area contributed by atoms with Gasteiger partial charge in [-0.15, -0.1) is 0 Å². The first-order chi connectivity index (χ1) is 9.38. The Labute approximate surface area is 115 Å². The molecule has 2 aromatic carbocycles. The summed E-state index contributed by atoms with van der Waals surface area (Å²) in [5.41, 5.74) is 2.52. The van der Waals surface area contributed by atoms with E-state index in [-0.39, 0.29) is 0 Å². The molecular formula is C17H20O2. The molecule has 2 heteroatoms. The molecule has 0 saturated heterocycles. The molecule has 100 valence electrons. The van der Waals surface area contributed by atoms with Crippen molar-refractivity contribution in [2.24, 2.45) is 0 Å². The predicted molar refractivity (Wildman–Crippen MR) is 77.4 cm³/mol. The van der Waals surface area contributed by atoms with Crippen LogP contribution in [0.2, 0.25) is 0 Å². The summed E-state index contributed by atoms with van der Waals surface area (Å²) in [6.45, 7) is 1.43. The van der Waals surface area contributed by atoms with Gasteiger partial charge in [-0.1, -0.05) is 42.5 Å². The highest BCUT2D eigenvalue weighted by molar-refractivity contribution is 5.27. The van der Waals surface area contributed by atoms with Gasteiger partial charge in [-0.25, -0.2) is 0 Å². The number of methoxy groups -OCH3 is 1. The van der Waals surface area contributed by atoms with Gasteiger partial charge in [-0.2, -0.15) is 0 Å². The Morgan fingerprint density at radius 3 is 2.47 bits per heavy atom. The van der Waals surface area contributed by atoms with Crippen LogP contribution in [0.4, 0.5) is 0 Å². The molecule has 0 aromatic heterocycles. The number of benzene rings is 2. The maximum Gasteiger partial charge on any atom is 0.119 e. The summed E-state index contributed by atoms with van der Waals surface area (Å²) in [7, 11) is 1.68. The van der Waals surface area contributed by atoms with Crippen molar-refractivity contribution in [3.05, 3.63) is 65.7 Å². The summed E-state index contributed by atoms with van der Waals surface area (Å²) in [5.74, 6) is 0.880. The van der Waals surface area contributed by atoms with E-state index in [1.54, 1.807) is 7.11 Å². The molecule has 2 aromatic rings. The summed E-state index contributed by atoms with van der Waals surface area (Å²) in [5, 5.41) is 0. The van der Waals surface area contributed by atoms with E-state index in [0.29, 0.717) is 6.61 Å². The molecule has 19 heavy (non-hydrogen) atoms. The van der Waals surface area contributed by atoms with Crippen LogP contribution in [0.1, 0.15) is 17.5 Å². The van der Waals surface area contributed by atoms with Crippen molar-refractivity contribution >= 4 is 0 Å². The van der Waals surface area contributed by atoms with E-state index >= 15 is 0 Å². The molecule has 0 saturated carbocycles. The van der Waals surface area contributed by atoms with Gasteiger partial charge in [-0.3, -0.25) is 0 Å².